The molecule has 1 aromatic rings. The van der Waals surface area contributed by atoms with Gasteiger partial charge in [-0.25, -0.2) is 0 Å². The SMILES string of the molecule is COC1=CCc2c(N)cccc2C1. The fourth-order valence-electron chi connectivity index (χ4n) is 1.70. The predicted molar refractivity (Wildman–Crippen MR) is 53.4 cm³/mol. The number of nitrogen functional groups attached to an aromatic ring is 1. The fraction of sp³-hybridized carbons (Fsp3) is 0.273. The summed E-state index contributed by atoms with van der Waals surface area (Å²) in [5.41, 5.74) is 9.29. The van der Waals surface area contributed by atoms with Crippen molar-refractivity contribution < 1.29 is 4.74 Å². The topological polar surface area (TPSA) is 35.2 Å². The van der Waals surface area contributed by atoms with Crippen molar-refractivity contribution in [2.45, 2.75) is 12.8 Å². The number of benzene rings is 1. The summed E-state index contributed by atoms with van der Waals surface area (Å²) in [6.45, 7) is 0. The lowest BCUT2D eigenvalue weighted by Crippen LogP contribution is -2.06. The van der Waals surface area contributed by atoms with Crippen molar-refractivity contribution in [3.63, 3.8) is 0 Å². The van der Waals surface area contributed by atoms with Gasteiger partial charge in [0.2, 0.25) is 0 Å². The number of hydrogen-bond acceptors (Lipinski definition) is 2. The molecule has 0 saturated heterocycles. The minimum absolute atomic E-state index is 0.872. The van der Waals surface area contributed by atoms with Gasteiger partial charge in [0.15, 0.2) is 0 Å². The van der Waals surface area contributed by atoms with Gasteiger partial charge in [0.05, 0.1) is 12.9 Å². The Kier molecular flexibility index (Phi) is 1.97. The highest BCUT2D eigenvalue weighted by Gasteiger charge is 2.12. The maximum atomic E-state index is 5.86. The summed E-state index contributed by atoms with van der Waals surface area (Å²) < 4.78 is 5.21. The van der Waals surface area contributed by atoms with Crippen molar-refractivity contribution in [3.8, 4) is 0 Å². The van der Waals surface area contributed by atoms with E-state index < -0.39 is 0 Å². The molecular formula is C11H13NO. The van der Waals surface area contributed by atoms with Gasteiger partial charge in [-0.3, -0.25) is 0 Å². The van der Waals surface area contributed by atoms with E-state index in [1.54, 1.807) is 7.11 Å². The van der Waals surface area contributed by atoms with E-state index in [9.17, 15) is 0 Å². The first-order valence-corrected chi connectivity index (χ1v) is 4.40. The molecule has 0 heterocycles. The molecular weight excluding hydrogens is 162 g/mol. The quantitative estimate of drug-likeness (QED) is 0.661. The van der Waals surface area contributed by atoms with Crippen LogP contribution in [0.4, 0.5) is 5.69 Å². The number of allylic oxidation sites excluding steroid dienone is 2. The average Bonchev–Trinajstić information content (AvgIpc) is 2.18. The molecule has 0 unspecified atom stereocenters. The van der Waals surface area contributed by atoms with Crippen LogP contribution < -0.4 is 5.73 Å². The molecule has 2 rings (SSSR count). The number of fused-ring (bicyclic) bond motifs is 1. The Morgan fingerprint density at radius 1 is 1.38 bits per heavy atom. The third kappa shape index (κ3) is 1.39. The highest BCUT2D eigenvalue weighted by molar-refractivity contribution is 5.54. The maximum Gasteiger partial charge on any atom is 0.0962 e. The van der Waals surface area contributed by atoms with Crippen LogP contribution in [0.25, 0.3) is 0 Å². The summed E-state index contributed by atoms with van der Waals surface area (Å²) in [6, 6.07) is 6.05. The normalized spacial score (nSPS) is 14.7. The molecule has 0 spiro atoms. The summed E-state index contributed by atoms with van der Waals surface area (Å²) in [5.74, 6) is 1.04. The molecule has 2 nitrogen and oxygen atoms in total. The Morgan fingerprint density at radius 3 is 3.00 bits per heavy atom. The van der Waals surface area contributed by atoms with Crippen LogP contribution in [0.2, 0.25) is 0 Å². The summed E-state index contributed by atoms with van der Waals surface area (Å²) in [4.78, 5) is 0. The van der Waals surface area contributed by atoms with Gasteiger partial charge >= 0.3 is 0 Å². The van der Waals surface area contributed by atoms with Gasteiger partial charge in [-0.1, -0.05) is 12.1 Å². The fourth-order valence-corrected chi connectivity index (χ4v) is 1.70. The average molecular weight is 175 g/mol. The van der Waals surface area contributed by atoms with Gasteiger partial charge in [0.25, 0.3) is 0 Å². The molecule has 0 atom stereocenters. The lowest BCUT2D eigenvalue weighted by atomic mass is 9.94. The smallest absolute Gasteiger partial charge is 0.0962 e. The zero-order valence-electron chi connectivity index (χ0n) is 7.71. The predicted octanol–water partition coefficient (Wildman–Crippen LogP) is 1.90. The maximum absolute atomic E-state index is 5.86. The molecule has 0 amide bonds. The molecule has 2 heteroatoms. The molecule has 13 heavy (non-hydrogen) atoms. The molecule has 68 valence electrons. The van der Waals surface area contributed by atoms with Gasteiger partial charge in [0.1, 0.15) is 0 Å². The first-order chi connectivity index (χ1) is 6.31. The molecule has 2 N–H and O–H groups in total. The monoisotopic (exact) mass is 175 g/mol. The molecule has 0 aromatic heterocycles. The zero-order valence-corrected chi connectivity index (χ0v) is 7.71. The first kappa shape index (κ1) is 8.17. The molecule has 0 bridgehead atoms. The van der Waals surface area contributed by atoms with Crippen molar-refractivity contribution in [3.05, 3.63) is 41.2 Å². The Balaban J connectivity index is 2.38. The molecule has 0 radical (unpaired) electrons. The number of ether oxygens (including phenoxy) is 1. The van der Waals surface area contributed by atoms with Gasteiger partial charge in [-0.2, -0.15) is 0 Å². The van der Waals surface area contributed by atoms with Crippen LogP contribution in [0.15, 0.2) is 30.0 Å². The summed E-state index contributed by atoms with van der Waals surface area (Å²) in [5, 5.41) is 0. The summed E-state index contributed by atoms with van der Waals surface area (Å²) in [7, 11) is 1.71. The van der Waals surface area contributed by atoms with E-state index in [2.05, 4.69) is 12.1 Å². The van der Waals surface area contributed by atoms with E-state index in [0.717, 1.165) is 24.3 Å². The van der Waals surface area contributed by atoms with Gasteiger partial charge in [0, 0.05) is 12.1 Å². The Morgan fingerprint density at radius 2 is 2.23 bits per heavy atom. The van der Waals surface area contributed by atoms with E-state index in [0.29, 0.717) is 0 Å². The van der Waals surface area contributed by atoms with Crippen molar-refractivity contribution in [1.29, 1.82) is 0 Å². The van der Waals surface area contributed by atoms with Crippen molar-refractivity contribution in [2.75, 3.05) is 12.8 Å². The second kappa shape index (κ2) is 3.13. The second-order valence-corrected chi connectivity index (χ2v) is 3.24. The molecule has 1 aliphatic carbocycles. The van der Waals surface area contributed by atoms with Crippen LogP contribution in [0.3, 0.4) is 0 Å². The molecule has 1 aromatic carbocycles. The van der Waals surface area contributed by atoms with E-state index in [1.165, 1.54) is 11.1 Å². The van der Waals surface area contributed by atoms with Crippen LogP contribution in [-0.2, 0) is 17.6 Å². The van der Waals surface area contributed by atoms with Crippen LogP contribution in [0.1, 0.15) is 11.1 Å². The molecule has 1 aliphatic rings. The number of methoxy groups -OCH3 is 1. The minimum atomic E-state index is 0.872. The standard InChI is InChI=1S/C11H13NO/c1-13-9-5-6-10-8(7-9)3-2-4-11(10)12/h2-5H,6-7,12H2,1H3. The molecule has 0 aliphatic heterocycles. The highest BCUT2D eigenvalue weighted by Crippen LogP contribution is 2.25. The largest absolute Gasteiger partial charge is 0.501 e. The van der Waals surface area contributed by atoms with E-state index in [-0.39, 0.29) is 0 Å². The van der Waals surface area contributed by atoms with E-state index in [4.69, 9.17) is 10.5 Å². The van der Waals surface area contributed by atoms with Crippen LogP contribution in [0.5, 0.6) is 0 Å². The zero-order chi connectivity index (χ0) is 9.26. The Bertz CT molecular complexity index is 355. The van der Waals surface area contributed by atoms with Crippen molar-refractivity contribution in [2.24, 2.45) is 0 Å². The van der Waals surface area contributed by atoms with Gasteiger partial charge in [-0.15, -0.1) is 0 Å². The first-order valence-electron chi connectivity index (χ1n) is 4.40. The number of hydrogen-bond donors (Lipinski definition) is 1. The number of nitrogens with two attached hydrogens (primary N) is 1. The van der Waals surface area contributed by atoms with Gasteiger partial charge in [-0.05, 0) is 29.7 Å². The third-order valence-corrected chi connectivity index (χ3v) is 2.47. The lowest BCUT2D eigenvalue weighted by Gasteiger charge is -2.17. The lowest BCUT2D eigenvalue weighted by molar-refractivity contribution is 0.280. The second-order valence-electron chi connectivity index (χ2n) is 3.24. The molecule has 0 fully saturated rings. The van der Waals surface area contributed by atoms with Gasteiger partial charge < -0.3 is 10.5 Å². The summed E-state index contributed by atoms with van der Waals surface area (Å²) in [6.07, 6.45) is 3.86. The third-order valence-electron chi connectivity index (χ3n) is 2.47. The van der Waals surface area contributed by atoms with Crippen molar-refractivity contribution in [1.82, 2.24) is 0 Å². The van der Waals surface area contributed by atoms with Crippen molar-refractivity contribution >= 4 is 5.69 Å². The van der Waals surface area contributed by atoms with E-state index >= 15 is 0 Å². The van der Waals surface area contributed by atoms with Crippen LogP contribution >= 0.6 is 0 Å². The Labute approximate surface area is 78.0 Å². The van der Waals surface area contributed by atoms with Crippen LogP contribution in [0, 0.1) is 0 Å². The minimum Gasteiger partial charge on any atom is -0.501 e. The van der Waals surface area contributed by atoms with E-state index in [1.807, 2.05) is 12.1 Å². The summed E-state index contributed by atoms with van der Waals surface area (Å²) >= 11 is 0. The highest BCUT2D eigenvalue weighted by atomic mass is 16.5. The number of rotatable bonds is 1. The Hall–Kier alpha value is -1.44. The number of anilines is 1. The van der Waals surface area contributed by atoms with Crippen LogP contribution in [-0.4, -0.2) is 7.11 Å². The molecule has 0 saturated carbocycles.